The minimum absolute atomic E-state index is 0.0479. The van der Waals surface area contributed by atoms with Gasteiger partial charge in [-0.05, 0) is 6.07 Å². The van der Waals surface area contributed by atoms with Gasteiger partial charge in [0.05, 0.1) is 11.4 Å². The minimum Gasteiger partial charge on any atom is -0.363 e. The predicted molar refractivity (Wildman–Crippen MR) is 63.7 cm³/mol. The zero-order chi connectivity index (χ0) is 13.2. The van der Waals surface area contributed by atoms with E-state index in [4.69, 9.17) is 5.73 Å². The molecule has 0 fully saturated rings. The van der Waals surface area contributed by atoms with Gasteiger partial charge in [-0.3, -0.25) is 4.68 Å². The first-order valence-corrected chi connectivity index (χ1v) is 6.71. The van der Waals surface area contributed by atoms with Gasteiger partial charge in [0, 0.05) is 25.5 Å². The van der Waals surface area contributed by atoms with Crippen LogP contribution < -0.4 is 10.5 Å². The van der Waals surface area contributed by atoms with Crippen molar-refractivity contribution in [3.63, 3.8) is 0 Å². The fourth-order valence-electron chi connectivity index (χ4n) is 1.40. The molecule has 2 aromatic rings. The normalized spacial score (nSPS) is 11.9. The van der Waals surface area contributed by atoms with Crippen molar-refractivity contribution in [2.24, 2.45) is 12.8 Å². The van der Waals surface area contributed by atoms with Crippen LogP contribution in [0.15, 0.2) is 23.5 Å². The summed E-state index contributed by atoms with van der Waals surface area (Å²) in [5.41, 5.74) is 6.06. The Hall–Kier alpha value is -1.71. The Kier molecular flexibility index (Phi) is 3.45. The van der Waals surface area contributed by atoms with Crippen LogP contribution in [0.5, 0.6) is 0 Å². The topological polar surface area (TPSA) is 119 Å². The van der Waals surface area contributed by atoms with Crippen LogP contribution in [-0.4, -0.2) is 28.2 Å². The van der Waals surface area contributed by atoms with Crippen LogP contribution in [0.25, 0.3) is 0 Å². The van der Waals surface area contributed by atoms with Crippen molar-refractivity contribution in [2.45, 2.75) is 18.0 Å². The van der Waals surface area contributed by atoms with Crippen molar-refractivity contribution in [3.05, 3.63) is 30.1 Å². The molecule has 2 rings (SSSR count). The Bertz CT molecular complexity index is 629. The standard InChI is InChI=1S/C9H14N6O2S/c1-15-6-12-9(14-15)5-13-18(16,17)8-2-7(3-10)11-4-8/h2,4,6,11,13H,3,5,10H2,1H3. The van der Waals surface area contributed by atoms with Crippen LogP contribution in [0.3, 0.4) is 0 Å². The van der Waals surface area contributed by atoms with Crippen LogP contribution in [0.4, 0.5) is 0 Å². The van der Waals surface area contributed by atoms with Gasteiger partial charge in [0.25, 0.3) is 0 Å². The maximum atomic E-state index is 11.9. The van der Waals surface area contributed by atoms with Crippen molar-refractivity contribution in [1.82, 2.24) is 24.5 Å². The Morgan fingerprint density at radius 3 is 2.89 bits per heavy atom. The maximum Gasteiger partial charge on any atom is 0.242 e. The lowest BCUT2D eigenvalue weighted by Crippen LogP contribution is -2.23. The average molecular weight is 270 g/mol. The van der Waals surface area contributed by atoms with E-state index in [0.29, 0.717) is 11.5 Å². The molecule has 0 amide bonds. The Morgan fingerprint density at radius 2 is 2.33 bits per heavy atom. The number of aromatic amines is 1. The molecule has 0 aliphatic rings. The SMILES string of the molecule is Cn1cnc(CNS(=O)(=O)c2c[nH]c(CN)c2)n1. The lowest BCUT2D eigenvalue weighted by molar-refractivity contribution is 0.579. The molecule has 18 heavy (non-hydrogen) atoms. The summed E-state index contributed by atoms with van der Waals surface area (Å²) in [5, 5.41) is 3.98. The van der Waals surface area contributed by atoms with E-state index in [0.717, 1.165) is 0 Å². The maximum absolute atomic E-state index is 11.9. The van der Waals surface area contributed by atoms with Crippen molar-refractivity contribution >= 4 is 10.0 Å². The second-order valence-corrected chi connectivity index (χ2v) is 5.49. The third-order valence-corrected chi connectivity index (χ3v) is 3.69. The van der Waals surface area contributed by atoms with Gasteiger partial charge in [-0.1, -0.05) is 0 Å². The number of rotatable bonds is 5. The summed E-state index contributed by atoms with van der Waals surface area (Å²) in [5.74, 6) is 0.413. The molecule has 9 heteroatoms. The van der Waals surface area contributed by atoms with Gasteiger partial charge in [-0.15, -0.1) is 0 Å². The summed E-state index contributed by atoms with van der Waals surface area (Å²) < 4.78 is 27.7. The van der Waals surface area contributed by atoms with E-state index in [2.05, 4.69) is 19.8 Å². The van der Waals surface area contributed by atoms with Gasteiger partial charge >= 0.3 is 0 Å². The number of nitrogens with zero attached hydrogens (tertiary/aromatic N) is 3. The van der Waals surface area contributed by atoms with Gasteiger partial charge in [0.15, 0.2) is 5.82 Å². The van der Waals surface area contributed by atoms with Gasteiger partial charge in [0.2, 0.25) is 10.0 Å². The largest absolute Gasteiger partial charge is 0.363 e. The predicted octanol–water partition coefficient (Wildman–Crippen LogP) is -0.920. The molecule has 0 saturated carbocycles. The smallest absolute Gasteiger partial charge is 0.242 e. The molecule has 0 unspecified atom stereocenters. The fraction of sp³-hybridized carbons (Fsp3) is 0.333. The molecule has 8 nitrogen and oxygen atoms in total. The molecule has 0 atom stereocenters. The molecular formula is C9H14N6O2S. The number of nitrogens with one attached hydrogen (secondary N) is 2. The van der Waals surface area contributed by atoms with Gasteiger partial charge in [-0.2, -0.15) is 5.10 Å². The van der Waals surface area contributed by atoms with Crippen LogP contribution in [0, 0.1) is 0 Å². The second kappa shape index (κ2) is 4.88. The van der Waals surface area contributed by atoms with Crippen molar-refractivity contribution in [2.75, 3.05) is 0 Å². The summed E-state index contributed by atoms with van der Waals surface area (Å²) in [6, 6.07) is 1.49. The first-order chi connectivity index (χ1) is 8.51. The van der Waals surface area contributed by atoms with E-state index >= 15 is 0 Å². The van der Waals surface area contributed by atoms with E-state index in [1.807, 2.05) is 0 Å². The Morgan fingerprint density at radius 1 is 1.56 bits per heavy atom. The van der Waals surface area contributed by atoms with E-state index in [-0.39, 0.29) is 18.0 Å². The number of hydrogen-bond acceptors (Lipinski definition) is 5. The number of sulfonamides is 1. The zero-order valence-corrected chi connectivity index (χ0v) is 10.6. The molecule has 0 radical (unpaired) electrons. The number of aromatic nitrogens is 4. The number of hydrogen-bond donors (Lipinski definition) is 3. The summed E-state index contributed by atoms with van der Waals surface area (Å²) in [7, 11) is -1.85. The average Bonchev–Trinajstić information content (AvgIpc) is 2.95. The highest BCUT2D eigenvalue weighted by Crippen LogP contribution is 2.10. The number of H-pyrrole nitrogens is 1. The fourth-order valence-corrected chi connectivity index (χ4v) is 2.40. The minimum atomic E-state index is -3.56. The zero-order valence-electron chi connectivity index (χ0n) is 9.79. The highest BCUT2D eigenvalue weighted by molar-refractivity contribution is 7.89. The summed E-state index contributed by atoms with van der Waals surface area (Å²) in [6.45, 7) is 0.309. The molecule has 0 aromatic carbocycles. The van der Waals surface area contributed by atoms with Crippen molar-refractivity contribution in [1.29, 1.82) is 0 Å². The molecule has 0 bridgehead atoms. The highest BCUT2D eigenvalue weighted by Gasteiger charge is 2.16. The van der Waals surface area contributed by atoms with Gasteiger partial charge in [0.1, 0.15) is 6.33 Å². The highest BCUT2D eigenvalue weighted by atomic mass is 32.2. The van der Waals surface area contributed by atoms with Crippen LogP contribution in [0.2, 0.25) is 0 Å². The molecule has 4 N–H and O–H groups in total. The Labute approximate surface area is 104 Å². The molecule has 98 valence electrons. The first kappa shape index (κ1) is 12.7. The molecule has 0 saturated heterocycles. The van der Waals surface area contributed by atoms with E-state index < -0.39 is 10.0 Å². The molecule has 0 spiro atoms. The first-order valence-electron chi connectivity index (χ1n) is 5.23. The van der Waals surface area contributed by atoms with E-state index in [1.165, 1.54) is 23.3 Å². The molecule has 2 aromatic heterocycles. The van der Waals surface area contributed by atoms with Crippen LogP contribution in [0.1, 0.15) is 11.5 Å². The molecule has 2 heterocycles. The van der Waals surface area contributed by atoms with Crippen LogP contribution >= 0.6 is 0 Å². The van der Waals surface area contributed by atoms with E-state index in [1.54, 1.807) is 7.05 Å². The number of aryl methyl sites for hydroxylation is 1. The van der Waals surface area contributed by atoms with E-state index in [9.17, 15) is 8.42 Å². The molecule has 0 aliphatic carbocycles. The summed E-state index contributed by atoms with van der Waals surface area (Å²) >= 11 is 0. The van der Waals surface area contributed by atoms with Crippen molar-refractivity contribution in [3.8, 4) is 0 Å². The summed E-state index contributed by atoms with van der Waals surface area (Å²) in [4.78, 5) is 6.87. The summed E-state index contributed by atoms with van der Waals surface area (Å²) in [6.07, 6.45) is 2.91. The molecule has 0 aliphatic heterocycles. The van der Waals surface area contributed by atoms with Crippen molar-refractivity contribution < 1.29 is 8.42 Å². The number of nitrogens with two attached hydrogens (primary N) is 1. The third kappa shape index (κ3) is 2.75. The lowest BCUT2D eigenvalue weighted by Gasteiger charge is -2.01. The lowest BCUT2D eigenvalue weighted by atomic mass is 10.4. The molecular weight excluding hydrogens is 256 g/mol. The Balaban J connectivity index is 2.07. The quantitative estimate of drug-likeness (QED) is 0.649. The monoisotopic (exact) mass is 270 g/mol. The van der Waals surface area contributed by atoms with Crippen LogP contribution in [-0.2, 0) is 30.2 Å². The second-order valence-electron chi connectivity index (χ2n) is 3.72. The van der Waals surface area contributed by atoms with Gasteiger partial charge in [-0.25, -0.2) is 18.1 Å². The third-order valence-electron chi connectivity index (χ3n) is 2.31. The van der Waals surface area contributed by atoms with Gasteiger partial charge < -0.3 is 10.7 Å².